The van der Waals surface area contributed by atoms with Gasteiger partial charge in [0.1, 0.15) is 28.5 Å². The molecule has 22 heavy (non-hydrogen) atoms. The molecule has 0 aromatic heterocycles. The molecule has 0 saturated carbocycles. The molecule has 0 amide bonds. The van der Waals surface area contributed by atoms with Crippen molar-refractivity contribution in [3.05, 3.63) is 64.7 Å². The summed E-state index contributed by atoms with van der Waals surface area (Å²) in [6.07, 6.45) is 0.643. The number of hydrogen-bond donors (Lipinski definition) is 1. The fraction of sp³-hybridized carbons (Fsp3) is 0.294. The van der Waals surface area contributed by atoms with Crippen LogP contribution in [0.15, 0.2) is 42.5 Å². The molecule has 0 aliphatic carbocycles. The normalized spacial score (nSPS) is 19.1. The van der Waals surface area contributed by atoms with Gasteiger partial charge in [0.15, 0.2) is 0 Å². The molecule has 1 saturated heterocycles. The summed E-state index contributed by atoms with van der Waals surface area (Å²) in [5.74, 6) is -1.24. The third-order valence-corrected chi connectivity index (χ3v) is 4.24. The average molecular weight is 324 g/mol. The standard InChI is InChI=1S/C17H16ClF2NO/c18-16-14(20)8-13(19)9-15(16)22-17(12-6-7-21-10-12)11-4-2-1-3-5-11/h1-5,8-9,12,17,21H,6-7,10H2/t12-,17-/m1/s1. The van der Waals surface area contributed by atoms with Crippen LogP contribution < -0.4 is 10.1 Å². The SMILES string of the molecule is Fc1cc(F)c(Cl)c(O[C@H](c2ccccc2)[C@@H]2CCNC2)c1. The fourth-order valence-corrected chi connectivity index (χ4v) is 2.92. The molecule has 0 bridgehead atoms. The lowest BCUT2D eigenvalue weighted by molar-refractivity contribution is 0.143. The van der Waals surface area contributed by atoms with Crippen molar-refractivity contribution in [1.29, 1.82) is 0 Å². The highest BCUT2D eigenvalue weighted by molar-refractivity contribution is 6.32. The van der Waals surface area contributed by atoms with E-state index in [1.54, 1.807) is 0 Å². The molecule has 2 aromatic rings. The van der Waals surface area contributed by atoms with Crippen LogP contribution in [0.25, 0.3) is 0 Å². The molecule has 3 rings (SSSR count). The van der Waals surface area contributed by atoms with Crippen LogP contribution in [0.4, 0.5) is 8.78 Å². The molecule has 5 heteroatoms. The summed E-state index contributed by atoms with van der Waals surface area (Å²) in [7, 11) is 0. The first-order chi connectivity index (χ1) is 10.6. The Morgan fingerprint density at radius 3 is 2.64 bits per heavy atom. The second-order valence-electron chi connectivity index (χ2n) is 5.40. The molecule has 0 radical (unpaired) electrons. The zero-order valence-corrected chi connectivity index (χ0v) is 12.6. The highest BCUT2D eigenvalue weighted by Gasteiger charge is 2.29. The number of nitrogens with one attached hydrogen (secondary N) is 1. The van der Waals surface area contributed by atoms with Crippen LogP contribution in [0.1, 0.15) is 18.1 Å². The van der Waals surface area contributed by atoms with E-state index in [0.29, 0.717) is 0 Å². The third kappa shape index (κ3) is 3.23. The lowest BCUT2D eigenvalue weighted by atomic mass is 9.95. The molecule has 2 nitrogen and oxygen atoms in total. The molecule has 2 atom stereocenters. The Labute approximate surface area is 133 Å². The molecule has 0 unspecified atom stereocenters. The maximum Gasteiger partial charge on any atom is 0.148 e. The van der Waals surface area contributed by atoms with Crippen LogP contribution in [-0.4, -0.2) is 13.1 Å². The van der Waals surface area contributed by atoms with Gasteiger partial charge in [-0.2, -0.15) is 0 Å². The number of halogens is 3. The van der Waals surface area contributed by atoms with E-state index >= 15 is 0 Å². The van der Waals surface area contributed by atoms with Crippen molar-refractivity contribution in [2.45, 2.75) is 12.5 Å². The second-order valence-corrected chi connectivity index (χ2v) is 5.78. The summed E-state index contributed by atoms with van der Waals surface area (Å²) < 4.78 is 33.0. The minimum atomic E-state index is -0.812. The highest BCUT2D eigenvalue weighted by atomic mass is 35.5. The van der Waals surface area contributed by atoms with Gasteiger partial charge in [-0.15, -0.1) is 0 Å². The van der Waals surface area contributed by atoms with Gasteiger partial charge in [-0.3, -0.25) is 0 Å². The third-order valence-electron chi connectivity index (χ3n) is 3.87. The first-order valence-electron chi connectivity index (χ1n) is 7.22. The van der Waals surface area contributed by atoms with Crippen LogP contribution in [0.3, 0.4) is 0 Å². The van der Waals surface area contributed by atoms with Gasteiger partial charge >= 0.3 is 0 Å². The summed E-state index contributed by atoms with van der Waals surface area (Å²) in [5, 5.41) is 3.10. The van der Waals surface area contributed by atoms with Crippen molar-refractivity contribution in [2.24, 2.45) is 5.92 Å². The van der Waals surface area contributed by atoms with E-state index < -0.39 is 11.6 Å². The predicted molar refractivity (Wildman–Crippen MR) is 82.2 cm³/mol. The Hall–Kier alpha value is -1.65. The average Bonchev–Trinajstić information content (AvgIpc) is 3.04. The van der Waals surface area contributed by atoms with Gasteiger partial charge in [0, 0.05) is 24.6 Å². The lowest BCUT2D eigenvalue weighted by Crippen LogP contribution is -2.21. The Morgan fingerprint density at radius 1 is 1.18 bits per heavy atom. The minimum Gasteiger partial charge on any atom is -0.484 e. The Balaban J connectivity index is 1.93. The summed E-state index contributed by atoms with van der Waals surface area (Å²) >= 11 is 5.92. The predicted octanol–water partition coefficient (Wildman–Crippen LogP) is 4.35. The zero-order chi connectivity index (χ0) is 15.5. The van der Waals surface area contributed by atoms with Crippen molar-refractivity contribution in [1.82, 2.24) is 5.32 Å². The smallest absolute Gasteiger partial charge is 0.148 e. The summed E-state index contributed by atoms with van der Waals surface area (Å²) in [6.45, 7) is 1.71. The molecule has 0 spiro atoms. The molecule has 1 aliphatic heterocycles. The van der Waals surface area contributed by atoms with Gasteiger partial charge in [-0.25, -0.2) is 8.78 Å². The highest BCUT2D eigenvalue weighted by Crippen LogP contribution is 2.36. The van der Waals surface area contributed by atoms with Crippen LogP contribution in [-0.2, 0) is 0 Å². The van der Waals surface area contributed by atoms with Gasteiger partial charge in [0.05, 0.1) is 0 Å². The molecule has 1 fully saturated rings. The first kappa shape index (κ1) is 15.3. The summed E-state index contributed by atoms with van der Waals surface area (Å²) in [5.41, 5.74) is 0.969. The van der Waals surface area contributed by atoms with Crippen molar-refractivity contribution in [3.63, 3.8) is 0 Å². The van der Waals surface area contributed by atoms with Crippen molar-refractivity contribution >= 4 is 11.6 Å². The first-order valence-corrected chi connectivity index (χ1v) is 7.60. The largest absolute Gasteiger partial charge is 0.484 e. The number of rotatable bonds is 4. The van der Waals surface area contributed by atoms with E-state index in [0.717, 1.165) is 37.2 Å². The number of ether oxygens (including phenoxy) is 1. The van der Waals surface area contributed by atoms with Gasteiger partial charge in [0.25, 0.3) is 0 Å². The topological polar surface area (TPSA) is 21.3 Å². The van der Waals surface area contributed by atoms with Gasteiger partial charge in [-0.1, -0.05) is 41.9 Å². The number of benzene rings is 2. The van der Waals surface area contributed by atoms with Gasteiger partial charge in [0.2, 0.25) is 0 Å². The molecular weight excluding hydrogens is 308 g/mol. The van der Waals surface area contributed by atoms with Crippen LogP contribution in [0.5, 0.6) is 5.75 Å². The van der Waals surface area contributed by atoms with E-state index in [2.05, 4.69) is 5.32 Å². The molecule has 1 N–H and O–H groups in total. The number of hydrogen-bond acceptors (Lipinski definition) is 2. The van der Waals surface area contributed by atoms with Crippen LogP contribution in [0.2, 0.25) is 5.02 Å². The second kappa shape index (κ2) is 6.63. The van der Waals surface area contributed by atoms with Gasteiger partial charge < -0.3 is 10.1 Å². The molecule has 1 heterocycles. The quantitative estimate of drug-likeness (QED) is 0.845. The Morgan fingerprint density at radius 2 is 1.95 bits per heavy atom. The Bertz CT molecular complexity index is 645. The van der Waals surface area contributed by atoms with Crippen LogP contribution >= 0.6 is 11.6 Å². The van der Waals surface area contributed by atoms with Crippen molar-refractivity contribution in [3.8, 4) is 5.75 Å². The molecule has 116 valence electrons. The monoisotopic (exact) mass is 323 g/mol. The maximum atomic E-state index is 13.6. The zero-order valence-electron chi connectivity index (χ0n) is 11.9. The van der Waals surface area contributed by atoms with Crippen molar-refractivity contribution in [2.75, 3.05) is 13.1 Å². The summed E-state index contributed by atoms with van der Waals surface area (Å²) in [6, 6.07) is 11.5. The molecule has 2 aromatic carbocycles. The van der Waals surface area contributed by atoms with Crippen molar-refractivity contribution < 1.29 is 13.5 Å². The summed E-state index contributed by atoms with van der Waals surface area (Å²) in [4.78, 5) is 0. The van der Waals surface area contributed by atoms with E-state index in [1.807, 2.05) is 30.3 Å². The van der Waals surface area contributed by atoms with Crippen LogP contribution in [0, 0.1) is 17.6 Å². The van der Waals surface area contributed by atoms with E-state index in [1.165, 1.54) is 0 Å². The molecule has 1 aliphatic rings. The minimum absolute atomic E-state index is 0.0416. The van der Waals surface area contributed by atoms with E-state index in [4.69, 9.17) is 16.3 Å². The fourth-order valence-electron chi connectivity index (χ4n) is 2.77. The van der Waals surface area contributed by atoms with E-state index in [9.17, 15) is 8.78 Å². The maximum absolute atomic E-state index is 13.6. The molecular formula is C17H16ClF2NO. The van der Waals surface area contributed by atoms with Gasteiger partial charge in [-0.05, 0) is 18.5 Å². The lowest BCUT2D eigenvalue weighted by Gasteiger charge is -2.25. The van der Waals surface area contributed by atoms with E-state index in [-0.39, 0.29) is 22.8 Å². The Kier molecular flexibility index (Phi) is 4.60.